The molecule has 0 aliphatic heterocycles. The number of carbonyl (C=O) groups is 3. The smallest absolute Gasteiger partial charge is 0.416 e. The third-order valence-electron chi connectivity index (χ3n) is 5.53. The van der Waals surface area contributed by atoms with Gasteiger partial charge in [-0.05, 0) is 62.0 Å². The molecule has 0 radical (unpaired) electrons. The van der Waals surface area contributed by atoms with Gasteiger partial charge in [0.05, 0.1) is 23.2 Å². The number of amides is 3. The summed E-state index contributed by atoms with van der Waals surface area (Å²) in [5.41, 5.74) is -1.84. The van der Waals surface area contributed by atoms with E-state index in [2.05, 4.69) is 10.6 Å². The lowest BCUT2D eigenvalue weighted by Crippen LogP contribution is -2.52. The first-order valence-corrected chi connectivity index (χ1v) is 12.0. The highest BCUT2D eigenvalue weighted by Gasteiger charge is 2.38. The quantitative estimate of drug-likeness (QED) is 0.407. The summed E-state index contributed by atoms with van der Waals surface area (Å²) in [6.45, 7) is 4.86. The van der Waals surface area contributed by atoms with Crippen LogP contribution in [0.5, 0.6) is 0 Å². The lowest BCUT2D eigenvalue weighted by Gasteiger charge is -2.33. The molecule has 0 bridgehead atoms. The Morgan fingerprint density at radius 3 is 2.42 bits per heavy atom. The summed E-state index contributed by atoms with van der Waals surface area (Å²) in [5, 5.41) is 7.00. The highest BCUT2D eigenvalue weighted by molar-refractivity contribution is 7.12. The molecular formula is C25H26F3N3O4S. The van der Waals surface area contributed by atoms with Crippen LogP contribution in [0.25, 0.3) is 0 Å². The van der Waals surface area contributed by atoms with Crippen LogP contribution >= 0.6 is 11.3 Å². The molecule has 1 atom stereocenters. The van der Waals surface area contributed by atoms with E-state index in [1.165, 1.54) is 35.8 Å². The van der Waals surface area contributed by atoms with Crippen molar-refractivity contribution in [3.05, 3.63) is 76.4 Å². The highest BCUT2D eigenvalue weighted by Crippen LogP contribution is 2.35. The molecule has 0 unspecified atom stereocenters. The zero-order valence-corrected chi connectivity index (χ0v) is 20.7. The van der Waals surface area contributed by atoms with Gasteiger partial charge in [0.15, 0.2) is 6.04 Å². The number of rotatable bonds is 9. The number of halogens is 3. The zero-order chi connectivity index (χ0) is 26.5. The Hall–Kier alpha value is -3.60. The summed E-state index contributed by atoms with van der Waals surface area (Å²) >= 11 is 1.17. The van der Waals surface area contributed by atoms with E-state index >= 15 is 0 Å². The van der Waals surface area contributed by atoms with Crippen molar-refractivity contribution >= 4 is 34.7 Å². The van der Waals surface area contributed by atoms with E-state index in [-0.39, 0.29) is 11.4 Å². The maximum absolute atomic E-state index is 13.5. The van der Waals surface area contributed by atoms with Gasteiger partial charge < -0.3 is 15.1 Å². The average molecular weight is 522 g/mol. The van der Waals surface area contributed by atoms with Crippen LogP contribution in [-0.2, 0) is 15.8 Å². The molecule has 0 spiro atoms. The van der Waals surface area contributed by atoms with Gasteiger partial charge in [0.2, 0.25) is 5.91 Å². The SMILES string of the molecule is CCC(C)(C)NC(=O)[C@H](c1ccco1)N(C(=O)CNC(=O)c1cccs1)c1cccc(C(F)(F)F)c1. The maximum Gasteiger partial charge on any atom is 0.416 e. The highest BCUT2D eigenvalue weighted by atomic mass is 32.1. The summed E-state index contributed by atoms with van der Waals surface area (Å²) < 4.78 is 45.9. The molecule has 7 nitrogen and oxygen atoms in total. The minimum atomic E-state index is -4.68. The van der Waals surface area contributed by atoms with Crippen molar-refractivity contribution < 1.29 is 32.0 Å². The number of anilines is 1. The van der Waals surface area contributed by atoms with Gasteiger partial charge in [0.1, 0.15) is 5.76 Å². The molecular weight excluding hydrogens is 495 g/mol. The summed E-state index contributed by atoms with van der Waals surface area (Å²) in [4.78, 5) is 40.6. The summed E-state index contributed by atoms with van der Waals surface area (Å²) in [7, 11) is 0. The van der Waals surface area contributed by atoms with Crippen molar-refractivity contribution in [2.24, 2.45) is 0 Å². The number of hydrogen-bond acceptors (Lipinski definition) is 5. The molecule has 2 aromatic heterocycles. The third-order valence-corrected chi connectivity index (χ3v) is 6.40. The van der Waals surface area contributed by atoms with Crippen LogP contribution in [0.1, 0.15) is 54.2 Å². The van der Waals surface area contributed by atoms with Crippen LogP contribution in [0.4, 0.5) is 18.9 Å². The molecule has 0 aliphatic rings. The Labute approximate surface area is 210 Å². The van der Waals surface area contributed by atoms with Gasteiger partial charge in [0, 0.05) is 11.2 Å². The second-order valence-electron chi connectivity index (χ2n) is 8.62. The lowest BCUT2D eigenvalue weighted by atomic mass is 10.0. The van der Waals surface area contributed by atoms with Crippen molar-refractivity contribution in [2.75, 3.05) is 11.4 Å². The Morgan fingerprint density at radius 1 is 1.08 bits per heavy atom. The molecule has 2 heterocycles. The first-order chi connectivity index (χ1) is 16.9. The second kappa shape index (κ2) is 11.0. The van der Waals surface area contributed by atoms with Gasteiger partial charge in [-0.2, -0.15) is 13.2 Å². The second-order valence-corrected chi connectivity index (χ2v) is 9.56. The molecule has 36 heavy (non-hydrogen) atoms. The maximum atomic E-state index is 13.5. The molecule has 0 saturated carbocycles. The van der Waals surface area contributed by atoms with Crippen molar-refractivity contribution in [3.8, 4) is 0 Å². The van der Waals surface area contributed by atoms with E-state index in [1.807, 2.05) is 6.92 Å². The van der Waals surface area contributed by atoms with Gasteiger partial charge >= 0.3 is 6.18 Å². The van der Waals surface area contributed by atoms with Crippen LogP contribution in [0, 0.1) is 0 Å². The van der Waals surface area contributed by atoms with Crippen molar-refractivity contribution in [2.45, 2.75) is 44.9 Å². The normalized spacial score (nSPS) is 12.6. The van der Waals surface area contributed by atoms with E-state index in [4.69, 9.17) is 4.42 Å². The first kappa shape index (κ1) is 27.0. The average Bonchev–Trinajstić information content (AvgIpc) is 3.54. The fourth-order valence-corrected chi connectivity index (χ4v) is 3.96. The molecule has 3 aromatic rings. The van der Waals surface area contributed by atoms with E-state index in [9.17, 15) is 27.6 Å². The first-order valence-electron chi connectivity index (χ1n) is 11.1. The number of nitrogens with zero attached hydrogens (tertiary/aromatic N) is 1. The standard InChI is InChI=1S/C25H26F3N3O4S/c1-4-24(2,3)30-23(34)21(18-10-6-12-35-18)31(17-9-5-8-16(14-17)25(26,27)28)20(32)15-29-22(33)19-11-7-13-36-19/h5-14,21H,4,15H2,1-3H3,(H,29,33)(H,30,34)/t21-/m0/s1. The molecule has 2 N–H and O–H groups in total. The number of hydrogen-bond donors (Lipinski definition) is 2. The molecule has 11 heteroatoms. The monoisotopic (exact) mass is 521 g/mol. The molecule has 3 amide bonds. The van der Waals surface area contributed by atoms with Crippen LogP contribution in [0.2, 0.25) is 0 Å². The van der Waals surface area contributed by atoms with Crippen LogP contribution in [-0.4, -0.2) is 29.8 Å². The van der Waals surface area contributed by atoms with E-state index in [0.29, 0.717) is 11.3 Å². The minimum Gasteiger partial charge on any atom is -0.467 e. The Morgan fingerprint density at radius 2 is 1.83 bits per heavy atom. The number of benzene rings is 1. The van der Waals surface area contributed by atoms with Crippen LogP contribution in [0.3, 0.4) is 0 Å². The van der Waals surface area contributed by atoms with Gasteiger partial charge in [-0.15, -0.1) is 11.3 Å². The molecule has 0 saturated heterocycles. The number of nitrogens with one attached hydrogen (secondary N) is 2. The van der Waals surface area contributed by atoms with Crippen molar-refractivity contribution in [1.29, 1.82) is 0 Å². The van der Waals surface area contributed by atoms with Crippen molar-refractivity contribution in [3.63, 3.8) is 0 Å². The number of furan rings is 1. The lowest BCUT2D eigenvalue weighted by molar-refractivity contribution is -0.137. The molecule has 0 fully saturated rings. The summed E-state index contributed by atoms with van der Waals surface area (Å²) in [6, 6.07) is 8.87. The van der Waals surface area contributed by atoms with E-state index in [1.54, 1.807) is 31.4 Å². The van der Waals surface area contributed by atoms with Gasteiger partial charge in [-0.25, -0.2) is 0 Å². The molecule has 1 aromatic carbocycles. The van der Waals surface area contributed by atoms with Crippen LogP contribution in [0.15, 0.2) is 64.6 Å². The predicted molar refractivity (Wildman–Crippen MR) is 130 cm³/mol. The van der Waals surface area contributed by atoms with Gasteiger partial charge in [0.25, 0.3) is 11.8 Å². The van der Waals surface area contributed by atoms with Gasteiger partial charge in [-0.3, -0.25) is 19.3 Å². The largest absolute Gasteiger partial charge is 0.467 e. The fourth-order valence-electron chi connectivity index (χ4n) is 3.32. The fraction of sp³-hybridized carbons (Fsp3) is 0.320. The summed E-state index contributed by atoms with van der Waals surface area (Å²) in [6.07, 6.45) is -2.82. The zero-order valence-electron chi connectivity index (χ0n) is 19.9. The summed E-state index contributed by atoms with van der Waals surface area (Å²) in [5.74, 6) is -1.92. The van der Waals surface area contributed by atoms with E-state index < -0.39 is 47.6 Å². The Kier molecular flexibility index (Phi) is 8.24. The number of carbonyl (C=O) groups excluding carboxylic acids is 3. The topological polar surface area (TPSA) is 91.7 Å². The molecule has 0 aliphatic carbocycles. The number of thiophene rings is 1. The molecule has 3 rings (SSSR count). The number of alkyl halides is 3. The third kappa shape index (κ3) is 6.54. The van der Waals surface area contributed by atoms with Gasteiger partial charge in [-0.1, -0.05) is 19.1 Å². The van der Waals surface area contributed by atoms with E-state index in [0.717, 1.165) is 23.1 Å². The minimum absolute atomic E-state index is 0.0507. The Bertz CT molecular complexity index is 1190. The predicted octanol–water partition coefficient (Wildman–Crippen LogP) is 5.17. The Balaban J connectivity index is 2.04. The van der Waals surface area contributed by atoms with Crippen molar-refractivity contribution in [1.82, 2.24) is 10.6 Å². The molecule has 192 valence electrons. The van der Waals surface area contributed by atoms with Crippen LogP contribution < -0.4 is 15.5 Å².